The molecule has 0 spiro atoms. The molecule has 0 atom stereocenters. The Morgan fingerprint density at radius 3 is 2.48 bits per heavy atom. The van der Waals surface area contributed by atoms with Gasteiger partial charge in [0.25, 0.3) is 0 Å². The third-order valence-corrected chi connectivity index (χ3v) is 3.24. The summed E-state index contributed by atoms with van der Waals surface area (Å²) in [6.45, 7) is -2.68. The molecule has 0 fully saturated rings. The van der Waals surface area contributed by atoms with E-state index in [1.807, 2.05) is 24.3 Å². The summed E-state index contributed by atoms with van der Waals surface area (Å²) in [5, 5.41) is 2.96. The van der Waals surface area contributed by atoms with E-state index in [1.54, 1.807) is 0 Å². The van der Waals surface area contributed by atoms with Gasteiger partial charge < -0.3 is 15.8 Å². The third-order valence-electron chi connectivity index (χ3n) is 2.72. The van der Waals surface area contributed by atoms with Gasteiger partial charge in [-0.25, -0.2) is 4.39 Å². The van der Waals surface area contributed by atoms with Crippen LogP contribution in [0.4, 0.5) is 24.5 Å². The molecule has 0 bridgehead atoms. The lowest BCUT2D eigenvalue weighted by atomic mass is 10.2. The molecule has 0 heterocycles. The lowest BCUT2D eigenvalue weighted by Crippen LogP contribution is -2.07. The van der Waals surface area contributed by atoms with Crippen molar-refractivity contribution in [3.8, 4) is 5.75 Å². The van der Waals surface area contributed by atoms with E-state index < -0.39 is 18.2 Å². The van der Waals surface area contributed by atoms with E-state index in [9.17, 15) is 13.2 Å². The Balaban J connectivity index is 2.13. The van der Waals surface area contributed by atoms with Crippen LogP contribution in [-0.4, -0.2) is 6.61 Å². The lowest BCUT2D eigenvalue weighted by Gasteiger charge is -2.13. The van der Waals surface area contributed by atoms with Crippen molar-refractivity contribution in [2.45, 2.75) is 13.2 Å². The summed E-state index contributed by atoms with van der Waals surface area (Å²) in [4.78, 5) is 0. The molecule has 0 saturated carbocycles. The first-order valence-electron chi connectivity index (χ1n) is 5.98. The maximum atomic E-state index is 13.4. The van der Waals surface area contributed by atoms with E-state index >= 15 is 0 Å². The van der Waals surface area contributed by atoms with E-state index in [-0.39, 0.29) is 5.69 Å². The normalized spacial score (nSPS) is 10.7. The van der Waals surface area contributed by atoms with E-state index in [4.69, 9.17) is 5.73 Å². The van der Waals surface area contributed by atoms with E-state index in [0.29, 0.717) is 12.2 Å². The zero-order valence-corrected chi connectivity index (χ0v) is 12.3. The Hall–Kier alpha value is -1.89. The molecular formula is C14H12BrF3N2O. The van der Waals surface area contributed by atoms with Crippen LogP contribution in [0.1, 0.15) is 5.56 Å². The first kappa shape index (κ1) is 15.5. The van der Waals surface area contributed by atoms with Crippen molar-refractivity contribution in [1.82, 2.24) is 0 Å². The van der Waals surface area contributed by atoms with Crippen LogP contribution in [0, 0.1) is 5.82 Å². The monoisotopic (exact) mass is 360 g/mol. The summed E-state index contributed by atoms with van der Waals surface area (Å²) in [7, 11) is 0. The van der Waals surface area contributed by atoms with Gasteiger partial charge in [-0.3, -0.25) is 0 Å². The summed E-state index contributed by atoms with van der Waals surface area (Å²) < 4.78 is 42.8. The van der Waals surface area contributed by atoms with Gasteiger partial charge in [0.05, 0.1) is 11.4 Å². The van der Waals surface area contributed by atoms with Gasteiger partial charge in [0.2, 0.25) is 0 Å². The van der Waals surface area contributed by atoms with Gasteiger partial charge in [0, 0.05) is 23.2 Å². The van der Waals surface area contributed by atoms with E-state index in [0.717, 1.165) is 22.2 Å². The number of nitrogens with two attached hydrogens (primary N) is 1. The summed E-state index contributed by atoms with van der Waals surface area (Å²) in [6.07, 6.45) is 0. The SMILES string of the molecule is Nc1cc(F)c(OC(F)F)cc1NCc1ccc(Br)cc1. The summed E-state index contributed by atoms with van der Waals surface area (Å²) >= 11 is 3.32. The summed E-state index contributed by atoms with van der Waals surface area (Å²) in [5.74, 6) is -1.47. The summed E-state index contributed by atoms with van der Waals surface area (Å²) in [6, 6.07) is 9.57. The number of alkyl halides is 2. The summed E-state index contributed by atoms with van der Waals surface area (Å²) in [5.41, 5.74) is 7.06. The zero-order valence-electron chi connectivity index (χ0n) is 10.7. The quantitative estimate of drug-likeness (QED) is 0.777. The average molecular weight is 361 g/mol. The smallest absolute Gasteiger partial charge is 0.387 e. The molecule has 3 N–H and O–H groups in total. The van der Waals surface area contributed by atoms with Gasteiger partial charge >= 0.3 is 6.61 Å². The van der Waals surface area contributed by atoms with Crippen molar-refractivity contribution in [3.05, 3.63) is 52.3 Å². The second-order valence-corrected chi connectivity index (χ2v) is 5.14. The van der Waals surface area contributed by atoms with Crippen LogP contribution in [0.3, 0.4) is 0 Å². The number of anilines is 2. The Morgan fingerprint density at radius 1 is 1.19 bits per heavy atom. The molecule has 0 aliphatic heterocycles. The largest absolute Gasteiger partial charge is 0.432 e. The molecule has 2 aromatic carbocycles. The standard InChI is InChI=1S/C14H12BrF3N2O/c15-9-3-1-8(2-4-9)7-20-12-6-13(21-14(17)18)10(16)5-11(12)19/h1-6,14,20H,7,19H2. The average Bonchev–Trinajstić information content (AvgIpc) is 2.42. The number of hydrogen-bond donors (Lipinski definition) is 2. The topological polar surface area (TPSA) is 47.3 Å². The number of hydrogen-bond acceptors (Lipinski definition) is 3. The molecule has 0 aliphatic carbocycles. The van der Waals surface area contributed by atoms with Gasteiger partial charge in [-0.15, -0.1) is 0 Å². The van der Waals surface area contributed by atoms with Gasteiger partial charge in [0.15, 0.2) is 11.6 Å². The first-order valence-corrected chi connectivity index (χ1v) is 6.77. The number of nitrogens with one attached hydrogen (secondary N) is 1. The fraction of sp³-hybridized carbons (Fsp3) is 0.143. The van der Waals surface area contributed by atoms with Crippen molar-refractivity contribution in [1.29, 1.82) is 0 Å². The molecule has 21 heavy (non-hydrogen) atoms. The van der Waals surface area contributed by atoms with Crippen molar-refractivity contribution in [2.75, 3.05) is 11.1 Å². The second-order valence-electron chi connectivity index (χ2n) is 4.23. The van der Waals surface area contributed by atoms with Crippen molar-refractivity contribution in [3.63, 3.8) is 0 Å². The van der Waals surface area contributed by atoms with Crippen LogP contribution in [0.15, 0.2) is 40.9 Å². The molecule has 2 rings (SSSR count). The highest BCUT2D eigenvalue weighted by Crippen LogP contribution is 2.29. The molecule has 7 heteroatoms. The van der Waals surface area contributed by atoms with Gasteiger partial charge in [-0.1, -0.05) is 28.1 Å². The second kappa shape index (κ2) is 6.71. The van der Waals surface area contributed by atoms with Crippen LogP contribution in [0.2, 0.25) is 0 Å². The van der Waals surface area contributed by atoms with Crippen LogP contribution in [0.25, 0.3) is 0 Å². The Labute approximate surface area is 128 Å². The Kier molecular flexibility index (Phi) is 4.95. The molecule has 112 valence electrons. The van der Waals surface area contributed by atoms with Gasteiger partial charge in [0.1, 0.15) is 0 Å². The molecule has 0 radical (unpaired) electrons. The molecular weight excluding hydrogens is 349 g/mol. The predicted octanol–water partition coefficient (Wildman–Crippen LogP) is 4.38. The zero-order chi connectivity index (χ0) is 15.4. The van der Waals surface area contributed by atoms with Crippen LogP contribution in [-0.2, 0) is 6.54 Å². The molecule has 2 aromatic rings. The van der Waals surface area contributed by atoms with Crippen LogP contribution in [0.5, 0.6) is 5.75 Å². The molecule has 0 saturated heterocycles. The van der Waals surface area contributed by atoms with Crippen molar-refractivity contribution in [2.24, 2.45) is 0 Å². The minimum absolute atomic E-state index is 0.117. The minimum atomic E-state index is -3.09. The maximum Gasteiger partial charge on any atom is 0.387 e. The van der Waals surface area contributed by atoms with Crippen LogP contribution < -0.4 is 15.8 Å². The Morgan fingerprint density at radius 2 is 1.86 bits per heavy atom. The number of rotatable bonds is 5. The van der Waals surface area contributed by atoms with E-state index in [2.05, 4.69) is 26.0 Å². The molecule has 3 nitrogen and oxygen atoms in total. The number of halogens is 4. The highest BCUT2D eigenvalue weighted by atomic mass is 79.9. The number of ether oxygens (including phenoxy) is 1. The Bertz CT molecular complexity index is 620. The lowest BCUT2D eigenvalue weighted by molar-refractivity contribution is -0.0521. The highest BCUT2D eigenvalue weighted by Gasteiger charge is 2.13. The first-order chi connectivity index (χ1) is 9.95. The molecule has 0 amide bonds. The van der Waals surface area contributed by atoms with Crippen LogP contribution >= 0.6 is 15.9 Å². The molecule has 0 aliphatic rings. The maximum absolute atomic E-state index is 13.4. The van der Waals surface area contributed by atoms with Gasteiger partial charge in [-0.2, -0.15) is 8.78 Å². The number of nitrogen functional groups attached to an aromatic ring is 1. The fourth-order valence-electron chi connectivity index (χ4n) is 1.71. The van der Waals surface area contributed by atoms with Crippen molar-refractivity contribution >= 4 is 27.3 Å². The predicted molar refractivity (Wildman–Crippen MR) is 78.9 cm³/mol. The molecule has 0 aromatic heterocycles. The fourth-order valence-corrected chi connectivity index (χ4v) is 1.97. The van der Waals surface area contributed by atoms with E-state index in [1.165, 1.54) is 0 Å². The van der Waals surface area contributed by atoms with Crippen molar-refractivity contribution < 1.29 is 17.9 Å². The molecule has 0 unspecified atom stereocenters. The highest BCUT2D eigenvalue weighted by molar-refractivity contribution is 9.10. The van der Waals surface area contributed by atoms with Gasteiger partial charge in [-0.05, 0) is 17.7 Å². The third kappa shape index (κ3) is 4.29. The number of benzene rings is 2. The minimum Gasteiger partial charge on any atom is -0.432 e.